The molecule has 1 aromatic carbocycles. The molecule has 3 rings (SSSR count). The number of aryl methyl sites for hydroxylation is 1. The second kappa shape index (κ2) is 2.88. The number of nitrogens with one attached hydrogen (secondary N) is 1. The number of aromatic carboxylic acids is 1. The van der Waals surface area contributed by atoms with Gasteiger partial charge in [0.05, 0.1) is 5.52 Å². The van der Waals surface area contributed by atoms with E-state index >= 15 is 0 Å². The van der Waals surface area contributed by atoms with Gasteiger partial charge in [-0.15, -0.1) is 0 Å². The van der Waals surface area contributed by atoms with Gasteiger partial charge in [-0.2, -0.15) is 0 Å². The molecule has 0 saturated heterocycles. The monoisotopic (exact) mass is 215 g/mol. The molecule has 2 aromatic heterocycles. The van der Waals surface area contributed by atoms with E-state index in [1.807, 2.05) is 25.1 Å². The Bertz CT molecular complexity index is 706. The molecule has 4 heteroatoms. The van der Waals surface area contributed by atoms with E-state index in [4.69, 9.17) is 9.52 Å². The fourth-order valence-corrected chi connectivity index (χ4v) is 1.87. The average molecular weight is 215 g/mol. The molecule has 0 aliphatic rings. The van der Waals surface area contributed by atoms with E-state index < -0.39 is 5.97 Å². The van der Waals surface area contributed by atoms with E-state index in [1.165, 1.54) is 6.07 Å². The van der Waals surface area contributed by atoms with E-state index in [0.717, 1.165) is 22.0 Å². The first-order valence-electron chi connectivity index (χ1n) is 4.90. The Morgan fingerprint density at radius 2 is 2.12 bits per heavy atom. The number of H-pyrrole nitrogens is 1. The first-order chi connectivity index (χ1) is 7.65. The molecule has 3 aromatic rings. The van der Waals surface area contributed by atoms with Crippen molar-refractivity contribution in [2.24, 2.45) is 0 Å². The molecule has 80 valence electrons. The van der Waals surface area contributed by atoms with E-state index in [1.54, 1.807) is 0 Å². The van der Waals surface area contributed by atoms with Crippen LogP contribution in [0.1, 0.15) is 16.1 Å². The molecule has 0 atom stereocenters. The first kappa shape index (κ1) is 9.03. The van der Waals surface area contributed by atoms with Gasteiger partial charge in [0.2, 0.25) is 0 Å². The quantitative estimate of drug-likeness (QED) is 0.655. The minimum Gasteiger partial charge on any atom is -0.477 e. The van der Waals surface area contributed by atoms with E-state index in [-0.39, 0.29) is 5.69 Å². The van der Waals surface area contributed by atoms with Crippen molar-refractivity contribution in [2.45, 2.75) is 6.92 Å². The van der Waals surface area contributed by atoms with Crippen LogP contribution in [0.2, 0.25) is 0 Å². The SMILES string of the molecule is Cc1ccc2c(c1)oc1cc(C(=O)O)[nH]c12. The molecule has 0 radical (unpaired) electrons. The van der Waals surface area contributed by atoms with Gasteiger partial charge in [0.1, 0.15) is 11.3 Å². The van der Waals surface area contributed by atoms with Crippen molar-refractivity contribution in [1.29, 1.82) is 0 Å². The van der Waals surface area contributed by atoms with Gasteiger partial charge >= 0.3 is 5.97 Å². The van der Waals surface area contributed by atoms with E-state index in [9.17, 15) is 4.79 Å². The highest BCUT2D eigenvalue weighted by molar-refractivity contribution is 6.05. The van der Waals surface area contributed by atoms with Crippen molar-refractivity contribution in [3.05, 3.63) is 35.5 Å². The van der Waals surface area contributed by atoms with Crippen LogP contribution >= 0.6 is 0 Å². The van der Waals surface area contributed by atoms with Gasteiger partial charge in [0.25, 0.3) is 0 Å². The van der Waals surface area contributed by atoms with Crippen molar-refractivity contribution < 1.29 is 14.3 Å². The summed E-state index contributed by atoms with van der Waals surface area (Å²) < 4.78 is 5.57. The van der Waals surface area contributed by atoms with Crippen LogP contribution in [0.25, 0.3) is 22.1 Å². The highest BCUT2D eigenvalue weighted by Crippen LogP contribution is 2.29. The Morgan fingerprint density at radius 3 is 2.88 bits per heavy atom. The molecular formula is C12H9NO3. The summed E-state index contributed by atoms with van der Waals surface area (Å²) in [6.07, 6.45) is 0. The number of aromatic amines is 1. The topological polar surface area (TPSA) is 66.2 Å². The maximum Gasteiger partial charge on any atom is 0.352 e. The van der Waals surface area contributed by atoms with Crippen LogP contribution in [0.5, 0.6) is 0 Å². The lowest BCUT2D eigenvalue weighted by atomic mass is 10.2. The molecule has 0 amide bonds. The number of rotatable bonds is 1. The predicted molar refractivity (Wildman–Crippen MR) is 59.8 cm³/mol. The molecule has 4 nitrogen and oxygen atoms in total. The summed E-state index contributed by atoms with van der Waals surface area (Å²) in [4.78, 5) is 13.6. The van der Waals surface area contributed by atoms with Gasteiger partial charge in [-0.05, 0) is 24.6 Å². The van der Waals surface area contributed by atoms with Gasteiger partial charge in [-0.1, -0.05) is 6.07 Å². The summed E-state index contributed by atoms with van der Waals surface area (Å²) in [5.41, 5.74) is 3.36. The molecule has 16 heavy (non-hydrogen) atoms. The van der Waals surface area contributed by atoms with E-state index in [2.05, 4.69) is 4.98 Å². The lowest BCUT2D eigenvalue weighted by Crippen LogP contribution is -1.94. The Hall–Kier alpha value is -2.23. The minimum atomic E-state index is -0.980. The summed E-state index contributed by atoms with van der Waals surface area (Å²) >= 11 is 0. The number of benzene rings is 1. The number of aromatic nitrogens is 1. The number of hydrogen-bond donors (Lipinski definition) is 2. The van der Waals surface area contributed by atoms with Crippen LogP contribution in [0.4, 0.5) is 0 Å². The third-order valence-electron chi connectivity index (χ3n) is 2.64. The average Bonchev–Trinajstić information content (AvgIpc) is 2.73. The number of carbonyl (C=O) groups is 1. The lowest BCUT2D eigenvalue weighted by Gasteiger charge is -1.91. The summed E-state index contributed by atoms with van der Waals surface area (Å²) in [5, 5.41) is 9.76. The highest BCUT2D eigenvalue weighted by Gasteiger charge is 2.13. The van der Waals surface area contributed by atoms with Gasteiger partial charge in [-0.25, -0.2) is 4.79 Å². The Kier molecular flexibility index (Phi) is 1.63. The van der Waals surface area contributed by atoms with Crippen LogP contribution in [-0.2, 0) is 0 Å². The maximum absolute atomic E-state index is 10.8. The van der Waals surface area contributed by atoms with Gasteiger partial charge in [0.15, 0.2) is 5.58 Å². The zero-order valence-electron chi connectivity index (χ0n) is 8.57. The maximum atomic E-state index is 10.8. The second-order valence-corrected chi connectivity index (χ2v) is 3.83. The summed E-state index contributed by atoms with van der Waals surface area (Å²) in [5.74, 6) is -0.980. The summed E-state index contributed by atoms with van der Waals surface area (Å²) in [6, 6.07) is 7.34. The van der Waals surface area contributed by atoms with Crippen molar-refractivity contribution >= 4 is 28.0 Å². The first-order valence-corrected chi connectivity index (χ1v) is 4.90. The predicted octanol–water partition coefficient (Wildman–Crippen LogP) is 2.92. The zero-order valence-corrected chi connectivity index (χ0v) is 8.57. The Balaban J connectivity index is 2.38. The van der Waals surface area contributed by atoms with Gasteiger partial charge in [0, 0.05) is 11.5 Å². The molecule has 0 unspecified atom stereocenters. The minimum absolute atomic E-state index is 0.149. The standard InChI is InChI=1S/C12H9NO3/c1-6-2-3-7-9(4-6)16-10-5-8(12(14)15)13-11(7)10/h2-5,13H,1H3,(H,14,15). The normalized spacial score (nSPS) is 11.3. The summed E-state index contributed by atoms with van der Waals surface area (Å²) in [6.45, 7) is 1.99. The molecular weight excluding hydrogens is 206 g/mol. The van der Waals surface area contributed by atoms with Crippen LogP contribution in [0, 0.1) is 6.92 Å². The Morgan fingerprint density at radius 1 is 1.31 bits per heavy atom. The van der Waals surface area contributed by atoms with Crippen LogP contribution < -0.4 is 0 Å². The smallest absolute Gasteiger partial charge is 0.352 e. The van der Waals surface area contributed by atoms with Crippen molar-refractivity contribution in [3.63, 3.8) is 0 Å². The lowest BCUT2D eigenvalue weighted by molar-refractivity contribution is 0.0691. The second-order valence-electron chi connectivity index (χ2n) is 3.83. The van der Waals surface area contributed by atoms with Gasteiger partial charge < -0.3 is 14.5 Å². The van der Waals surface area contributed by atoms with Crippen molar-refractivity contribution in [1.82, 2.24) is 4.98 Å². The van der Waals surface area contributed by atoms with Crippen LogP contribution in [0.3, 0.4) is 0 Å². The number of furan rings is 1. The number of carboxylic acid groups (broad SMARTS) is 1. The zero-order chi connectivity index (χ0) is 11.3. The largest absolute Gasteiger partial charge is 0.477 e. The fraction of sp³-hybridized carbons (Fsp3) is 0.0833. The number of carboxylic acids is 1. The third-order valence-corrected chi connectivity index (χ3v) is 2.64. The molecule has 0 aliphatic carbocycles. The molecule has 2 N–H and O–H groups in total. The highest BCUT2D eigenvalue weighted by atomic mass is 16.4. The Labute approximate surface area is 90.5 Å². The molecule has 0 spiro atoms. The van der Waals surface area contributed by atoms with Crippen LogP contribution in [0.15, 0.2) is 28.7 Å². The van der Waals surface area contributed by atoms with Crippen LogP contribution in [-0.4, -0.2) is 16.1 Å². The molecule has 0 aliphatic heterocycles. The van der Waals surface area contributed by atoms with Gasteiger partial charge in [-0.3, -0.25) is 0 Å². The van der Waals surface area contributed by atoms with Crippen molar-refractivity contribution in [3.8, 4) is 0 Å². The van der Waals surface area contributed by atoms with Crippen molar-refractivity contribution in [2.75, 3.05) is 0 Å². The number of fused-ring (bicyclic) bond motifs is 3. The fourth-order valence-electron chi connectivity index (χ4n) is 1.87. The molecule has 0 fully saturated rings. The molecule has 0 saturated carbocycles. The molecule has 2 heterocycles. The number of hydrogen-bond acceptors (Lipinski definition) is 2. The molecule has 0 bridgehead atoms. The summed E-state index contributed by atoms with van der Waals surface area (Å²) in [7, 11) is 0. The third kappa shape index (κ3) is 1.13. The van der Waals surface area contributed by atoms with E-state index in [0.29, 0.717) is 5.58 Å².